The van der Waals surface area contributed by atoms with Crippen LogP contribution in [0.15, 0.2) is 0 Å². The Kier molecular flexibility index (Phi) is 5.01. The summed E-state index contributed by atoms with van der Waals surface area (Å²) in [6, 6.07) is 1.54. The zero-order valence-corrected chi connectivity index (χ0v) is 11.7. The number of hydrogen-bond acceptors (Lipinski definition) is 3. The maximum atomic E-state index is 11.6. The van der Waals surface area contributed by atoms with Crippen LogP contribution in [0.4, 0.5) is 0 Å². The Balaban J connectivity index is 1.64. The van der Waals surface area contributed by atoms with Gasteiger partial charge in [0.2, 0.25) is 5.91 Å². The Morgan fingerprint density at radius 2 is 1.94 bits per heavy atom. The van der Waals surface area contributed by atoms with E-state index in [-0.39, 0.29) is 5.91 Å². The lowest BCUT2D eigenvalue weighted by molar-refractivity contribution is -0.121. The largest absolute Gasteiger partial charge is 0.356 e. The highest BCUT2D eigenvalue weighted by atomic mass is 16.1. The van der Waals surface area contributed by atoms with Crippen molar-refractivity contribution >= 4 is 5.91 Å². The molecule has 4 heteroatoms. The minimum Gasteiger partial charge on any atom is -0.356 e. The summed E-state index contributed by atoms with van der Waals surface area (Å²) in [7, 11) is 2.26. The van der Waals surface area contributed by atoms with E-state index in [4.69, 9.17) is 0 Å². The van der Waals surface area contributed by atoms with Crippen LogP contribution in [0.3, 0.4) is 0 Å². The van der Waals surface area contributed by atoms with Crippen molar-refractivity contribution < 1.29 is 4.79 Å². The molecular weight excluding hydrogens is 226 g/mol. The van der Waals surface area contributed by atoms with Gasteiger partial charge >= 0.3 is 0 Å². The van der Waals surface area contributed by atoms with Crippen LogP contribution in [-0.4, -0.2) is 49.6 Å². The summed E-state index contributed by atoms with van der Waals surface area (Å²) in [4.78, 5) is 14.2. The van der Waals surface area contributed by atoms with Gasteiger partial charge in [-0.2, -0.15) is 0 Å². The van der Waals surface area contributed by atoms with Crippen LogP contribution in [0.2, 0.25) is 0 Å². The number of fused-ring (bicyclic) bond motifs is 2. The summed E-state index contributed by atoms with van der Waals surface area (Å²) in [6.45, 7) is 4.67. The molecule has 2 aliphatic heterocycles. The average Bonchev–Trinajstić information content (AvgIpc) is 2.60. The van der Waals surface area contributed by atoms with E-state index in [0.29, 0.717) is 12.3 Å². The smallest absolute Gasteiger partial charge is 0.221 e. The monoisotopic (exact) mass is 253 g/mol. The molecule has 2 aliphatic rings. The van der Waals surface area contributed by atoms with Gasteiger partial charge in [0.1, 0.15) is 0 Å². The molecule has 18 heavy (non-hydrogen) atoms. The molecule has 2 rings (SSSR count). The molecule has 0 aliphatic carbocycles. The van der Waals surface area contributed by atoms with Crippen LogP contribution in [-0.2, 0) is 4.79 Å². The lowest BCUT2D eigenvalue weighted by Gasteiger charge is -2.36. The van der Waals surface area contributed by atoms with Gasteiger partial charge in [-0.25, -0.2) is 0 Å². The number of carbonyl (C=O) groups excluding carboxylic acids is 1. The SMILES string of the molecule is CCNCCC(=O)NCC1CC2CCC(C1)N2C. The predicted octanol–water partition coefficient (Wildman–Crippen LogP) is 0.975. The number of rotatable bonds is 6. The van der Waals surface area contributed by atoms with Crippen molar-refractivity contribution in [2.45, 2.75) is 51.1 Å². The predicted molar refractivity (Wildman–Crippen MR) is 73.5 cm³/mol. The standard InChI is InChI=1S/C14H27N3O/c1-3-15-7-6-14(18)16-10-11-8-12-4-5-13(9-11)17(12)2/h11-13,15H,3-10H2,1-2H3,(H,16,18). The van der Waals surface area contributed by atoms with Crippen molar-refractivity contribution in [2.75, 3.05) is 26.7 Å². The van der Waals surface area contributed by atoms with Crippen molar-refractivity contribution in [2.24, 2.45) is 5.92 Å². The first kappa shape index (κ1) is 13.8. The fourth-order valence-corrected chi connectivity index (χ4v) is 3.42. The highest BCUT2D eigenvalue weighted by Crippen LogP contribution is 2.36. The number of amides is 1. The number of piperidine rings is 1. The van der Waals surface area contributed by atoms with E-state index in [9.17, 15) is 4.79 Å². The Morgan fingerprint density at radius 3 is 2.56 bits per heavy atom. The van der Waals surface area contributed by atoms with Gasteiger partial charge in [-0.3, -0.25) is 4.79 Å². The molecule has 0 saturated carbocycles. The Labute approximate surface area is 110 Å². The molecule has 0 aromatic carbocycles. The molecule has 4 nitrogen and oxygen atoms in total. The van der Waals surface area contributed by atoms with Gasteiger partial charge in [0.05, 0.1) is 0 Å². The zero-order chi connectivity index (χ0) is 13.0. The first-order chi connectivity index (χ1) is 8.70. The van der Waals surface area contributed by atoms with Gasteiger partial charge in [-0.15, -0.1) is 0 Å². The van der Waals surface area contributed by atoms with E-state index in [2.05, 4.69) is 29.5 Å². The number of nitrogens with one attached hydrogen (secondary N) is 2. The normalized spacial score (nSPS) is 31.6. The molecule has 104 valence electrons. The number of nitrogens with zero attached hydrogens (tertiary/aromatic N) is 1. The molecule has 1 amide bonds. The second-order valence-corrected chi connectivity index (χ2v) is 5.80. The quantitative estimate of drug-likeness (QED) is 0.694. The van der Waals surface area contributed by atoms with E-state index in [1.165, 1.54) is 25.7 Å². The van der Waals surface area contributed by atoms with Crippen molar-refractivity contribution in [3.63, 3.8) is 0 Å². The summed E-state index contributed by atoms with van der Waals surface area (Å²) in [6.07, 6.45) is 5.84. The molecule has 2 bridgehead atoms. The van der Waals surface area contributed by atoms with Crippen LogP contribution in [0.5, 0.6) is 0 Å². The van der Waals surface area contributed by atoms with Crippen LogP contribution in [0, 0.1) is 5.92 Å². The van der Waals surface area contributed by atoms with Crippen molar-refractivity contribution in [3.8, 4) is 0 Å². The van der Waals surface area contributed by atoms with Gasteiger partial charge in [-0.05, 0) is 45.2 Å². The summed E-state index contributed by atoms with van der Waals surface area (Å²) >= 11 is 0. The van der Waals surface area contributed by atoms with Crippen molar-refractivity contribution in [1.29, 1.82) is 0 Å². The van der Waals surface area contributed by atoms with Crippen LogP contribution < -0.4 is 10.6 Å². The minimum atomic E-state index is 0.197. The van der Waals surface area contributed by atoms with Gasteiger partial charge < -0.3 is 15.5 Å². The number of hydrogen-bond donors (Lipinski definition) is 2. The highest BCUT2D eigenvalue weighted by molar-refractivity contribution is 5.76. The molecule has 2 atom stereocenters. The highest BCUT2D eigenvalue weighted by Gasteiger charge is 2.38. The first-order valence-electron chi connectivity index (χ1n) is 7.40. The Hall–Kier alpha value is -0.610. The molecule has 0 spiro atoms. The topological polar surface area (TPSA) is 44.4 Å². The van der Waals surface area contributed by atoms with Gasteiger partial charge in [-0.1, -0.05) is 6.92 Å². The molecule has 2 heterocycles. The van der Waals surface area contributed by atoms with Crippen LogP contribution in [0.25, 0.3) is 0 Å². The van der Waals surface area contributed by atoms with Gasteiger partial charge in [0.25, 0.3) is 0 Å². The number of carbonyl (C=O) groups is 1. The van der Waals surface area contributed by atoms with E-state index < -0.39 is 0 Å². The molecule has 2 unspecified atom stereocenters. The molecule has 2 N–H and O–H groups in total. The summed E-state index contributed by atoms with van der Waals surface area (Å²) in [5, 5.41) is 6.28. The Morgan fingerprint density at radius 1 is 1.28 bits per heavy atom. The third-order valence-electron chi connectivity index (χ3n) is 4.56. The first-order valence-corrected chi connectivity index (χ1v) is 7.40. The molecule has 0 aromatic heterocycles. The maximum Gasteiger partial charge on any atom is 0.221 e. The molecule has 0 radical (unpaired) electrons. The van der Waals surface area contributed by atoms with Crippen molar-refractivity contribution in [1.82, 2.24) is 15.5 Å². The Bertz CT molecular complexity index is 268. The van der Waals surface area contributed by atoms with E-state index >= 15 is 0 Å². The van der Waals surface area contributed by atoms with E-state index in [1.54, 1.807) is 0 Å². The minimum absolute atomic E-state index is 0.197. The third kappa shape index (κ3) is 3.45. The molecule has 2 fully saturated rings. The summed E-state index contributed by atoms with van der Waals surface area (Å²) in [5.74, 6) is 0.893. The zero-order valence-electron chi connectivity index (χ0n) is 11.7. The van der Waals surface area contributed by atoms with Gasteiger partial charge in [0, 0.05) is 31.6 Å². The van der Waals surface area contributed by atoms with Crippen LogP contribution in [0.1, 0.15) is 39.0 Å². The fourth-order valence-electron chi connectivity index (χ4n) is 3.42. The second-order valence-electron chi connectivity index (χ2n) is 5.80. The van der Waals surface area contributed by atoms with Crippen LogP contribution >= 0.6 is 0 Å². The lowest BCUT2D eigenvalue weighted by atomic mass is 9.91. The fraction of sp³-hybridized carbons (Fsp3) is 0.929. The van der Waals surface area contributed by atoms with E-state index in [0.717, 1.165) is 31.7 Å². The third-order valence-corrected chi connectivity index (χ3v) is 4.56. The van der Waals surface area contributed by atoms with Gasteiger partial charge in [0.15, 0.2) is 0 Å². The maximum absolute atomic E-state index is 11.6. The van der Waals surface area contributed by atoms with E-state index in [1.807, 2.05) is 0 Å². The average molecular weight is 253 g/mol. The molecular formula is C14H27N3O. The van der Waals surface area contributed by atoms with Crippen molar-refractivity contribution in [3.05, 3.63) is 0 Å². The summed E-state index contributed by atoms with van der Waals surface area (Å²) < 4.78 is 0. The molecule has 0 aromatic rings. The lowest BCUT2D eigenvalue weighted by Crippen LogP contribution is -2.43. The molecule has 2 saturated heterocycles. The summed E-state index contributed by atoms with van der Waals surface area (Å²) in [5.41, 5.74) is 0. The second kappa shape index (κ2) is 6.53.